The van der Waals surface area contributed by atoms with Crippen LogP contribution in [0.5, 0.6) is 0 Å². The zero-order valence-corrected chi connectivity index (χ0v) is 15.4. The first-order valence-electron chi connectivity index (χ1n) is 8.82. The van der Waals surface area contributed by atoms with Crippen molar-refractivity contribution in [3.05, 3.63) is 30.1 Å². The molecule has 1 N–H and O–H groups in total. The number of hydrogen-bond donors (Lipinski definition) is 1. The fraction of sp³-hybridized carbons (Fsp3) is 0.647. The van der Waals surface area contributed by atoms with Gasteiger partial charge in [0.25, 0.3) is 0 Å². The van der Waals surface area contributed by atoms with Gasteiger partial charge in [0.05, 0.1) is 18.8 Å². The Kier molecular flexibility index (Phi) is 5.06. The van der Waals surface area contributed by atoms with E-state index < -0.39 is 0 Å². The van der Waals surface area contributed by atoms with E-state index in [1.165, 1.54) is 6.33 Å². The number of carbonyl (C=O) groups is 1. The van der Waals surface area contributed by atoms with Crippen LogP contribution in [0.2, 0.25) is 0 Å². The van der Waals surface area contributed by atoms with Gasteiger partial charge in [-0.25, -0.2) is 9.78 Å². The van der Waals surface area contributed by atoms with Crippen LogP contribution in [0.1, 0.15) is 50.5 Å². The van der Waals surface area contributed by atoms with Crippen molar-refractivity contribution >= 4 is 6.03 Å². The molecule has 8 nitrogen and oxygen atoms in total. The number of aryl methyl sites for hydroxylation is 2. The Hall–Kier alpha value is -2.38. The lowest BCUT2D eigenvalue weighted by atomic mass is 10.0. The monoisotopic (exact) mass is 345 g/mol. The van der Waals surface area contributed by atoms with Gasteiger partial charge < -0.3 is 10.2 Å². The Morgan fingerprint density at radius 3 is 2.64 bits per heavy atom. The number of rotatable bonds is 7. The maximum Gasteiger partial charge on any atom is 0.318 e. The molecule has 0 spiro atoms. The molecule has 3 rings (SSSR count). The molecule has 2 aromatic heterocycles. The van der Waals surface area contributed by atoms with E-state index >= 15 is 0 Å². The molecule has 1 aliphatic carbocycles. The zero-order valence-electron chi connectivity index (χ0n) is 15.4. The van der Waals surface area contributed by atoms with Crippen LogP contribution in [0.3, 0.4) is 0 Å². The minimum absolute atomic E-state index is 0.0417. The van der Waals surface area contributed by atoms with Gasteiger partial charge in [-0.15, -0.1) is 0 Å². The third kappa shape index (κ3) is 4.37. The van der Waals surface area contributed by atoms with Crippen molar-refractivity contribution in [2.75, 3.05) is 0 Å². The maximum absolute atomic E-state index is 13.0. The summed E-state index contributed by atoms with van der Waals surface area (Å²) in [7, 11) is 3.74. The Bertz CT molecular complexity index is 716. The summed E-state index contributed by atoms with van der Waals surface area (Å²) in [5.41, 5.74) is 1.05. The number of nitrogens with one attached hydrogen (secondary N) is 1. The molecule has 2 amide bonds. The Balaban J connectivity index is 1.72. The van der Waals surface area contributed by atoms with Crippen LogP contribution >= 0.6 is 0 Å². The molecule has 136 valence electrons. The van der Waals surface area contributed by atoms with Gasteiger partial charge in [-0.2, -0.15) is 10.2 Å². The highest BCUT2D eigenvalue weighted by Gasteiger charge is 2.34. The quantitative estimate of drug-likeness (QED) is 0.832. The van der Waals surface area contributed by atoms with Crippen LogP contribution in [0, 0.1) is 5.92 Å². The van der Waals surface area contributed by atoms with E-state index in [4.69, 9.17) is 0 Å². The largest absolute Gasteiger partial charge is 0.328 e. The summed E-state index contributed by atoms with van der Waals surface area (Å²) < 4.78 is 3.50. The molecule has 0 unspecified atom stereocenters. The van der Waals surface area contributed by atoms with Crippen molar-refractivity contribution in [1.82, 2.24) is 34.8 Å². The summed E-state index contributed by atoms with van der Waals surface area (Å²) >= 11 is 0. The van der Waals surface area contributed by atoms with Crippen molar-refractivity contribution in [3.8, 4) is 0 Å². The fourth-order valence-electron chi connectivity index (χ4n) is 3.06. The predicted octanol–water partition coefficient (Wildman–Crippen LogP) is 2.01. The average molecular weight is 345 g/mol. The summed E-state index contributed by atoms with van der Waals surface area (Å²) in [4.78, 5) is 19.2. The molecular weight excluding hydrogens is 318 g/mol. The van der Waals surface area contributed by atoms with Crippen molar-refractivity contribution in [3.63, 3.8) is 0 Å². The number of carbonyl (C=O) groups excluding carboxylic acids is 1. The second-order valence-electron chi connectivity index (χ2n) is 7.25. The minimum atomic E-state index is -0.143. The van der Waals surface area contributed by atoms with Crippen LogP contribution in [-0.4, -0.2) is 41.5 Å². The number of nitrogens with zero attached hydrogens (tertiary/aromatic N) is 6. The van der Waals surface area contributed by atoms with Gasteiger partial charge in [0.15, 0.2) is 0 Å². The molecule has 2 heterocycles. The number of amides is 2. The Morgan fingerprint density at radius 2 is 2.12 bits per heavy atom. The first kappa shape index (κ1) is 17.4. The van der Waals surface area contributed by atoms with Crippen molar-refractivity contribution in [2.45, 2.75) is 51.7 Å². The second kappa shape index (κ2) is 7.25. The van der Waals surface area contributed by atoms with Crippen LogP contribution in [-0.2, 0) is 20.6 Å². The zero-order chi connectivity index (χ0) is 18.0. The molecule has 1 atom stereocenters. The van der Waals surface area contributed by atoms with E-state index in [9.17, 15) is 4.79 Å². The lowest BCUT2D eigenvalue weighted by molar-refractivity contribution is 0.185. The van der Waals surface area contributed by atoms with E-state index in [0.29, 0.717) is 18.5 Å². The molecule has 1 fully saturated rings. The first-order chi connectivity index (χ1) is 11.9. The molecule has 0 saturated heterocycles. The molecular formula is C17H27N7O. The summed E-state index contributed by atoms with van der Waals surface area (Å²) in [6.07, 6.45) is 8.25. The Labute approximate surface area is 148 Å². The predicted molar refractivity (Wildman–Crippen MR) is 93.5 cm³/mol. The van der Waals surface area contributed by atoms with Gasteiger partial charge >= 0.3 is 6.03 Å². The van der Waals surface area contributed by atoms with E-state index in [-0.39, 0.29) is 12.1 Å². The maximum atomic E-state index is 13.0. The topological polar surface area (TPSA) is 80.9 Å². The molecule has 0 radical (unpaired) electrons. The standard InChI is InChI=1S/C17H27N7O/c1-12(2)7-15(16-18-11-20-23(16)4)21-17(25)24(14-5-6-14)10-13-8-19-22(3)9-13/h8-9,11-12,14-15H,5-7,10H2,1-4H3,(H,21,25)/t15-/m1/s1. The van der Waals surface area contributed by atoms with Crippen LogP contribution in [0.4, 0.5) is 4.79 Å². The summed E-state index contributed by atoms with van der Waals surface area (Å²) in [6, 6.07) is 0.134. The van der Waals surface area contributed by atoms with E-state index in [2.05, 4.69) is 34.3 Å². The SMILES string of the molecule is CC(C)C[C@@H](NC(=O)N(Cc1cnn(C)c1)C1CC1)c1ncnn1C. The van der Waals surface area contributed by atoms with E-state index in [1.807, 2.05) is 31.4 Å². The van der Waals surface area contributed by atoms with Crippen LogP contribution in [0.25, 0.3) is 0 Å². The van der Waals surface area contributed by atoms with Gasteiger partial charge in [-0.05, 0) is 25.2 Å². The number of urea groups is 1. The van der Waals surface area contributed by atoms with Gasteiger partial charge in [0, 0.05) is 31.9 Å². The highest BCUT2D eigenvalue weighted by Crippen LogP contribution is 2.29. The molecule has 2 aromatic rings. The molecule has 0 bridgehead atoms. The third-order valence-electron chi connectivity index (χ3n) is 4.42. The average Bonchev–Trinajstić information content (AvgIpc) is 3.16. The van der Waals surface area contributed by atoms with Gasteiger partial charge in [0.2, 0.25) is 0 Å². The highest BCUT2D eigenvalue weighted by molar-refractivity contribution is 5.75. The molecule has 8 heteroatoms. The first-order valence-corrected chi connectivity index (χ1v) is 8.82. The van der Waals surface area contributed by atoms with Crippen molar-refractivity contribution in [2.24, 2.45) is 20.0 Å². The highest BCUT2D eigenvalue weighted by atomic mass is 16.2. The van der Waals surface area contributed by atoms with Gasteiger partial charge in [-0.1, -0.05) is 13.8 Å². The summed E-state index contributed by atoms with van der Waals surface area (Å²) in [6.45, 7) is 4.87. The Morgan fingerprint density at radius 1 is 1.36 bits per heavy atom. The lowest BCUT2D eigenvalue weighted by Gasteiger charge is -2.26. The van der Waals surface area contributed by atoms with Crippen molar-refractivity contribution in [1.29, 1.82) is 0 Å². The second-order valence-corrected chi connectivity index (χ2v) is 7.25. The molecule has 1 saturated carbocycles. The van der Waals surface area contributed by atoms with E-state index in [1.54, 1.807) is 9.36 Å². The molecule has 0 aliphatic heterocycles. The van der Waals surface area contributed by atoms with Crippen molar-refractivity contribution < 1.29 is 4.79 Å². The summed E-state index contributed by atoms with van der Waals surface area (Å²) in [5, 5.41) is 11.5. The third-order valence-corrected chi connectivity index (χ3v) is 4.42. The molecule has 0 aromatic carbocycles. The van der Waals surface area contributed by atoms with Gasteiger partial charge in [0.1, 0.15) is 12.2 Å². The lowest BCUT2D eigenvalue weighted by Crippen LogP contribution is -2.43. The van der Waals surface area contributed by atoms with Crippen LogP contribution < -0.4 is 5.32 Å². The molecule has 1 aliphatic rings. The normalized spacial score (nSPS) is 15.4. The fourth-order valence-corrected chi connectivity index (χ4v) is 3.06. The van der Waals surface area contributed by atoms with Crippen LogP contribution in [0.15, 0.2) is 18.7 Å². The minimum Gasteiger partial charge on any atom is -0.328 e. The number of hydrogen-bond acceptors (Lipinski definition) is 4. The smallest absolute Gasteiger partial charge is 0.318 e. The van der Waals surface area contributed by atoms with E-state index in [0.717, 1.165) is 30.7 Å². The number of aromatic nitrogens is 5. The summed E-state index contributed by atoms with van der Waals surface area (Å²) in [5.74, 6) is 1.23. The molecule has 25 heavy (non-hydrogen) atoms. The van der Waals surface area contributed by atoms with Gasteiger partial charge in [-0.3, -0.25) is 9.36 Å².